The second-order valence-electron chi connectivity index (χ2n) is 5.98. The van der Waals surface area contributed by atoms with E-state index in [-0.39, 0.29) is 5.91 Å². The highest BCUT2D eigenvalue weighted by Gasteiger charge is 2.19. The number of carbonyl (C=O) groups excluding carboxylic acids is 1. The molecule has 1 heterocycles. The van der Waals surface area contributed by atoms with Crippen LogP contribution in [0.4, 0.5) is 0 Å². The Morgan fingerprint density at radius 3 is 2.46 bits per heavy atom. The molecule has 3 rings (SSSR count). The Labute approximate surface area is 148 Å². The van der Waals surface area contributed by atoms with Gasteiger partial charge < -0.3 is 4.90 Å². The molecule has 1 aliphatic heterocycles. The van der Waals surface area contributed by atoms with Gasteiger partial charge in [0.25, 0.3) is 0 Å². The summed E-state index contributed by atoms with van der Waals surface area (Å²) in [5.74, 6) is 0.0642. The van der Waals surface area contributed by atoms with E-state index in [0.717, 1.165) is 38.3 Å². The van der Waals surface area contributed by atoms with Crippen LogP contribution < -0.4 is 0 Å². The Hall–Kier alpha value is -2.10. The van der Waals surface area contributed by atoms with Crippen LogP contribution in [0.3, 0.4) is 0 Å². The minimum absolute atomic E-state index is 0.0642. The number of hydrogen-bond acceptors (Lipinski definition) is 2. The predicted octanol–water partition coefficient (Wildman–Crippen LogP) is 3.70. The van der Waals surface area contributed by atoms with Crippen molar-refractivity contribution in [3.63, 3.8) is 0 Å². The number of hydrogen-bond donors (Lipinski definition) is 0. The molecule has 0 aliphatic carbocycles. The fraction of sp³-hybridized carbons (Fsp3) is 0.250. The fourth-order valence-corrected chi connectivity index (χ4v) is 3.05. The van der Waals surface area contributed by atoms with E-state index < -0.39 is 0 Å². The van der Waals surface area contributed by atoms with Gasteiger partial charge in [-0.3, -0.25) is 9.69 Å². The summed E-state index contributed by atoms with van der Waals surface area (Å²) in [6, 6.07) is 18.0. The lowest BCUT2D eigenvalue weighted by Crippen LogP contribution is -2.47. The van der Waals surface area contributed by atoms with E-state index in [2.05, 4.69) is 29.2 Å². The normalized spacial score (nSPS) is 15.8. The minimum Gasteiger partial charge on any atom is -0.337 e. The predicted molar refractivity (Wildman–Crippen MR) is 98.8 cm³/mol. The Bertz CT molecular complexity index is 707. The smallest absolute Gasteiger partial charge is 0.246 e. The summed E-state index contributed by atoms with van der Waals surface area (Å²) in [5.41, 5.74) is 2.26. The Kier molecular flexibility index (Phi) is 5.68. The maximum absolute atomic E-state index is 12.3. The third-order valence-corrected chi connectivity index (χ3v) is 4.44. The van der Waals surface area contributed by atoms with Gasteiger partial charge in [-0.25, -0.2) is 0 Å². The summed E-state index contributed by atoms with van der Waals surface area (Å²) in [5, 5.41) is 0.680. The molecule has 0 N–H and O–H groups in total. The highest BCUT2D eigenvalue weighted by atomic mass is 35.5. The summed E-state index contributed by atoms with van der Waals surface area (Å²) >= 11 is 5.96. The molecule has 1 fully saturated rings. The molecule has 0 atom stereocenters. The molecule has 0 unspecified atom stereocenters. The first-order valence-electron chi connectivity index (χ1n) is 8.19. The average molecular weight is 341 g/mol. The summed E-state index contributed by atoms with van der Waals surface area (Å²) in [7, 11) is 0. The molecular weight excluding hydrogens is 320 g/mol. The van der Waals surface area contributed by atoms with E-state index in [1.54, 1.807) is 6.08 Å². The molecule has 2 aromatic carbocycles. The van der Waals surface area contributed by atoms with Crippen LogP contribution in [0.2, 0.25) is 5.02 Å². The molecule has 0 saturated carbocycles. The number of piperazine rings is 1. The van der Waals surface area contributed by atoms with Gasteiger partial charge in [0.1, 0.15) is 0 Å². The monoisotopic (exact) mass is 340 g/mol. The molecule has 1 saturated heterocycles. The van der Waals surface area contributed by atoms with Crippen LogP contribution in [0.1, 0.15) is 11.1 Å². The van der Waals surface area contributed by atoms with Gasteiger partial charge in [-0.15, -0.1) is 0 Å². The van der Waals surface area contributed by atoms with Crippen molar-refractivity contribution in [1.29, 1.82) is 0 Å². The van der Waals surface area contributed by atoms with Crippen molar-refractivity contribution in [2.75, 3.05) is 26.2 Å². The molecule has 1 aliphatic rings. The Balaban J connectivity index is 1.50. The number of benzene rings is 2. The Morgan fingerprint density at radius 2 is 1.75 bits per heavy atom. The first-order chi connectivity index (χ1) is 11.7. The van der Waals surface area contributed by atoms with E-state index in [4.69, 9.17) is 11.6 Å². The van der Waals surface area contributed by atoms with Gasteiger partial charge in [-0.05, 0) is 29.3 Å². The summed E-state index contributed by atoms with van der Waals surface area (Å²) in [6.07, 6.45) is 3.46. The average Bonchev–Trinajstić information content (AvgIpc) is 2.61. The highest BCUT2D eigenvalue weighted by molar-refractivity contribution is 6.30. The molecule has 24 heavy (non-hydrogen) atoms. The van der Waals surface area contributed by atoms with Gasteiger partial charge in [0.2, 0.25) is 5.91 Å². The number of halogens is 1. The lowest BCUT2D eigenvalue weighted by atomic mass is 10.2. The van der Waals surface area contributed by atoms with Gasteiger partial charge in [0.05, 0.1) is 0 Å². The van der Waals surface area contributed by atoms with E-state index in [1.165, 1.54) is 5.56 Å². The van der Waals surface area contributed by atoms with Crippen LogP contribution in [-0.4, -0.2) is 41.9 Å². The van der Waals surface area contributed by atoms with Gasteiger partial charge in [0.15, 0.2) is 0 Å². The first-order valence-corrected chi connectivity index (χ1v) is 8.57. The van der Waals surface area contributed by atoms with Crippen molar-refractivity contribution in [1.82, 2.24) is 9.80 Å². The lowest BCUT2D eigenvalue weighted by Gasteiger charge is -2.34. The van der Waals surface area contributed by atoms with E-state index in [9.17, 15) is 4.79 Å². The van der Waals surface area contributed by atoms with Crippen LogP contribution in [0.25, 0.3) is 6.08 Å². The molecule has 1 amide bonds. The van der Waals surface area contributed by atoms with Crippen LogP contribution >= 0.6 is 11.6 Å². The summed E-state index contributed by atoms with van der Waals surface area (Å²) < 4.78 is 0. The van der Waals surface area contributed by atoms with Gasteiger partial charge >= 0.3 is 0 Å². The van der Waals surface area contributed by atoms with Crippen LogP contribution in [0.15, 0.2) is 60.7 Å². The molecule has 0 bridgehead atoms. The van der Waals surface area contributed by atoms with E-state index >= 15 is 0 Å². The molecule has 0 radical (unpaired) electrons. The number of amides is 1. The number of nitrogens with zero attached hydrogens (tertiary/aromatic N) is 2. The summed E-state index contributed by atoms with van der Waals surface area (Å²) in [6.45, 7) is 4.30. The molecule has 2 aromatic rings. The van der Waals surface area contributed by atoms with Crippen molar-refractivity contribution in [2.24, 2.45) is 0 Å². The zero-order valence-corrected chi connectivity index (χ0v) is 14.3. The second kappa shape index (κ2) is 8.13. The van der Waals surface area contributed by atoms with Crippen molar-refractivity contribution in [3.05, 3.63) is 76.8 Å². The van der Waals surface area contributed by atoms with Crippen LogP contribution in [0, 0.1) is 0 Å². The van der Waals surface area contributed by atoms with Crippen molar-refractivity contribution >= 4 is 23.6 Å². The number of rotatable bonds is 4. The first kappa shape index (κ1) is 16.7. The largest absolute Gasteiger partial charge is 0.337 e. The lowest BCUT2D eigenvalue weighted by molar-refractivity contribution is -0.127. The van der Waals surface area contributed by atoms with Gasteiger partial charge in [-0.2, -0.15) is 0 Å². The zero-order valence-electron chi connectivity index (χ0n) is 13.6. The van der Waals surface area contributed by atoms with Crippen molar-refractivity contribution < 1.29 is 4.79 Å². The SMILES string of the molecule is O=C(C=Cc1cccc(Cl)c1)N1CCN(Cc2ccccc2)CC1. The quantitative estimate of drug-likeness (QED) is 0.792. The Morgan fingerprint density at radius 1 is 1.00 bits per heavy atom. The maximum Gasteiger partial charge on any atom is 0.246 e. The van der Waals surface area contributed by atoms with Crippen LogP contribution in [0.5, 0.6) is 0 Å². The van der Waals surface area contributed by atoms with Crippen molar-refractivity contribution in [2.45, 2.75) is 6.54 Å². The molecule has 0 spiro atoms. The standard InChI is InChI=1S/C20H21ClN2O/c21-19-8-4-7-17(15-19)9-10-20(24)23-13-11-22(12-14-23)16-18-5-2-1-3-6-18/h1-10,15H,11-14,16H2. The number of carbonyl (C=O) groups is 1. The topological polar surface area (TPSA) is 23.6 Å². The molecule has 124 valence electrons. The molecule has 3 nitrogen and oxygen atoms in total. The fourth-order valence-electron chi connectivity index (χ4n) is 2.85. The molecule has 4 heteroatoms. The van der Waals surface area contributed by atoms with Gasteiger partial charge in [0, 0.05) is 43.8 Å². The third-order valence-electron chi connectivity index (χ3n) is 4.20. The molecule has 0 aromatic heterocycles. The second-order valence-corrected chi connectivity index (χ2v) is 6.41. The maximum atomic E-state index is 12.3. The summed E-state index contributed by atoms with van der Waals surface area (Å²) in [4.78, 5) is 16.6. The third kappa shape index (κ3) is 4.70. The van der Waals surface area contributed by atoms with Crippen LogP contribution in [-0.2, 0) is 11.3 Å². The van der Waals surface area contributed by atoms with E-state index in [1.807, 2.05) is 41.3 Å². The minimum atomic E-state index is 0.0642. The van der Waals surface area contributed by atoms with E-state index in [0.29, 0.717) is 5.02 Å². The zero-order chi connectivity index (χ0) is 16.8. The van der Waals surface area contributed by atoms with Crippen molar-refractivity contribution in [3.8, 4) is 0 Å². The van der Waals surface area contributed by atoms with Gasteiger partial charge in [-0.1, -0.05) is 54.1 Å². The molecular formula is C20H21ClN2O. The highest BCUT2D eigenvalue weighted by Crippen LogP contribution is 2.13.